The molecule has 79 heavy (non-hydrogen) atoms. The fraction of sp³-hybridized carbons (Fsp3) is 0.429. The zero-order valence-corrected chi connectivity index (χ0v) is 49.7. The zero-order valence-electron chi connectivity index (χ0n) is 47.8. The van der Waals surface area contributed by atoms with Crippen molar-refractivity contribution < 1.29 is 51.0 Å². The van der Waals surface area contributed by atoms with Crippen LogP contribution in [-0.4, -0.2) is 70.8 Å². The Hall–Kier alpha value is -6.43. The van der Waals surface area contributed by atoms with Gasteiger partial charge < -0.3 is 33.8 Å². The van der Waals surface area contributed by atoms with Crippen LogP contribution in [0.4, 0.5) is 10.5 Å². The molecule has 0 radical (unpaired) electrons. The third kappa shape index (κ3) is 14.5. The molecule has 2 N–H and O–H groups in total. The fourth-order valence-electron chi connectivity index (χ4n) is 10.8. The van der Waals surface area contributed by atoms with Crippen molar-refractivity contribution in [3.8, 4) is 11.5 Å². The molecule has 16 heteroatoms. The topological polar surface area (TPSA) is 193 Å². The standard InChI is InChI=1S/C63H80N2O12SSi/c1-43(2)79(44(3)4,45(5)6)77-57(46(7)36-37-56(78(70,71)52-33-23-16-24-34-52)53-41-51(72-12)42-54(65(68)69)58(53)75-60(67)76-61(9,10)11)47(8)55(74-59(66)62(64)38-39-62)35-25-26-40-73-63(48-27-17-13-18-28-48,49-29-19-14-20-30-49)50-31-21-15-22-32-50/h13-34,36,41-45,47,55-57H,35,37-40,64H2,1-12H3/b26-25+,46-36?/t47-,55-,56?,57-/m0/s1. The van der Waals surface area contributed by atoms with Crippen LogP contribution < -0.4 is 15.2 Å². The van der Waals surface area contributed by atoms with Crippen LogP contribution in [0.15, 0.2) is 162 Å². The van der Waals surface area contributed by atoms with Gasteiger partial charge in [0.05, 0.1) is 41.0 Å². The molecule has 0 amide bonds. The summed E-state index contributed by atoms with van der Waals surface area (Å²) in [6, 6.07) is 40.4. The van der Waals surface area contributed by atoms with Crippen LogP contribution in [0.2, 0.25) is 16.6 Å². The molecule has 1 saturated carbocycles. The SMILES string of the molecule is COc1cc(C(CC=C(C)[C@H](O[Si](C(C)C)(C(C)C)C(C)C)[C@@H](C)[C@H](C/C=C/COC(c2ccccc2)(c2ccccc2)c2ccccc2)OC(=O)C2(N)CC2)S(=O)(=O)c2ccccc2)c(OC(=O)OC(C)(C)C)c([N+](=O)[O-])c1. The number of sulfone groups is 1. The fourth-order valence-corrected chi connectivity index (χ4v) is 18.2. The highest BCUT2D eigenvalue weighted by molar-refractivity contribution is 7.91. The molecule has 0 bridgehead atoms. The number of hydrogen-bond donors (Lipinski definition) is 1. The molecule has 5 aromatic carbocycles. The first-order valence-corrected chi connectivity index (χ1v) is 30.9. The van der Waals surface area contributed by atoms with E-state index in [1.807, 2.05) is 80.6 Å². The second-order valence-electron chi connectivity index (χ2n) is 22.5. The van der Waals surface area contributed by atoms with Crippen molar-refractivity contribution in [1.29, 1.82) is 0 Å². The van der Waals surface area contributed by atoms with E-state index < -0.39 is 86.8 Å². The zero-order chi connectivity index (χ0) is 57.9. The maximum Gasteiger partial charge on any atom is 0.514 e. The van der Waals surface area contributed by atoms with Gasteiger partial charge in [-0.25, -0.2) is 13.2 Å². The van der Waals surface area contributed by atoms with Gasteiger partial charge in [0.25, 0.3) is 0 Å². The van der Waals surface area contributed by atoms with Crippen molar-refractivity contribution >= 4 is 36.0 Å². The molecule has 0 aromatic heterocycles. The van der Waals surface area contributed by atoms with Crippen molar-refractivity contribution in [2.45, 2.75) is 158 Å². The van der Waals surface area contributed by atoms with E-state index in [0.717, 1.165) is 22.8 Å². The number of rotatable bonds is 26. The normalized spacial score (nSPS) is 15.6. The van der Waals surface area contributed by atoms with Crippen LogP contribution in [-0.2, 0) is 38.9 Å². The number of hydrogen-bond acceptors (Lipinski definition) is 13. The number of ether oxygens (including phenoxy) is 5. The molecule has 5 aromatic rings. The van der Waals surface area contributed by atoms with Gasteiger partial charge in [-0.2, -0.15) is 0 Å². The predicted octanol–water partition coefficient (Wildman–Crippen LogP) is 14.3. The molecule has 4 atom stereocenters. The Kier molecular flexibility index (Phi) is 20.5. The number of nitro groups is 1. The van der Waals surface area contributed by atoms with E-state index in [1.165, 1.54) is 25.3 Å². The number of carbonyl (C=O) groups is 2. The van der Waals surface area contributed by atoms with Crippen molar-refractivity contribution in [2.24, 2.45) is 11.7 Å². The molecule has 1 fully saturated rings. The van der Waals surface area contributed by atoms with Crippen molar-refractivity contribution in [1.82, 2.24) is 0 Å². The summed E-state index contributed by atoms with van der Waals surface area (Å²) >= 11 is 0. The van der Waals surface area contributed by atoms with Crippen molar-refractivity contribution in [3.63, 3.8) is 0 Å². The Labute approximate surface area is 468 Å². The van der Waals surface area contributed by atoms with Crippen LogP contribution in [0.3, 0.4) is 0 Å². The van der Waals surface area contributed by atoms with Crippen LogP contribution in [0.5, 0.6) is 11.5 Å². The van der Waals surface area contributed by atoms with Gasteiger partial charge in [-0.15, -0.1) is 0 Å². The van der Waals surface area contributed by atoms with Crippen molar-refractivity contribution in [2.75, 3.05) is 13.7 Å². The Morgan fingerprint density at radius 3 is 1.70 bits per heavy atom. The first-order valence-electron chi connectivity index (χ1n) is 27.2. The maximum absolute atomic E-state index is 15.2. The van der Waals surface area contributed by atoms with Gasteiger partial charge in [0.1, 0.15) is 28.6 Å². The van der Waals surface area contributed by atoms with Gasteiger partial charge >= 0.3 is 17.8 Å². The van der Waals surface area contributed by atoms with Gasteiger partial charge in [-0.3, -0.25) is 14.9 Å². The molecule has 1 unspecified atom stereocenters. The molecule has 0 spiro atoms. The molecule has 1 aliphatic carbocycles. The summed E-state index contributed by atoms with van der Waals surface area (Å²) in [7, 11) is -5.95. The number of esters is 1. The van der Waals surface area contributed by atoms with Crippen LogP contribution >= 0.6 is 0 Å². The lowest BCUT2D eigenvalue weighted by Crippen LogP contribution is -2.53. The molecular formula is C63H80N2O12SSi. The van der Waals surface area contributed by atoms with E-state index in [0.29, 0.717) is 18.4 Å². The molecule has 1 aliphatic rings. The summed E-state index contributed by atoms with van der Waals surface area (Å²) in [5.41, 5.74) is 6.31. The van der Waals surface area contributed by atoms with Gasteiger partial charge in [0.15, 0.2) is 9.84 Å². The number of nitro benzene ring substituents is 1. The third-order valence-electron chi connectivity index (χ3n) is 15.0. The monoisotopic (exact) mass is 1120 g/mol. The Bertz CT molecular complexity index is 2890. The molecule has 6 rings (SSSR count). The second-order valence-corrected chi connectivity index (χ2v) is 30.1. The number of carbonyl (C=O) groups excluding carboxylic acids is 2. The number of benzene rings is 5. The Morgan fingerprint density at radius 1 is 0.759 bits per heavy atom. The largest absolute Gasteiger partial charge is 0.514 e. The highest BCUT2D eigenvalue weighted by Gasteiger charge is 2.51. The smallest absolute Gasteiger partial charge is 0.496 e. The van der Waals surface area contributed by atoms with Crippen LogP contribution in [0, 0.1) is 16.0 Å². The average Bonchev–Trinajstić information content (AvgIpc) is 4.32. The maximum atomic E-state index is 15.2. The van der Waals surface area contributed by atoms with Gasteiger partial charge in [0, 0.05) is 17.9 Å². The van der Waals surface area contributed by atoms with Gasteiger partial charge in [-0.05, 0) is 104 Å². The lowest BCUT2D eigenvalue weighted by molar-refractivity contribution is -0.385. The summed E-state index contributed by atoms with van der Waals surface area (Å²) in [6.07, 6.45) is 3.78. The first-order chi connectivity index (χ1) is 37.3. The molecule has 0 heterocycles. The summed E-state index contributed by atoms with van der Waals surface area (Å²) < 4.78 is 68.2. The summed E-state index contributed by atoms with van der Waals surface area (Å²) in [5, 5.41) is 11.2. The second kappa shape index (κ2) is 26.2. The number of nitrogens with two attached hydrogens (primary N) is 1. The number of methoxy groups -OCH3 is 1. The first kappa shape index (κ1) is 61.8. The van der Waals surface area contributed by atoms with E-state index in [2.05, 4.69) is 77.9 Å². The summed E-state index contributed by atoms with van der Waals surface area (Å²) in [4.78, 5) is 39.4. The average molecular weight is 1120 g/mol. The number of nitrogens with zero attached hydrogens (tertiary/aromatic N) is 1. The van der Waals surface area contributed by atoms with E-state index in [-0.39, 0.29) is 52.3 Å². The lowest BCUT2D eigenvalue weighted by atomic mass is 9.80. The minimum absolute atomic E-state index is 0.0362. The van der Waals surface area contributed by atoms with Gasteiger partial charge in [0.2, 0.25) is 14.1 Å². The number of allylic oxidation sites excluding steroid dienone is 1. The molecule has 424 valence electrons. The third-order valence-corrected chi connectivity index (χ3v) is 23.2. The van der Waals surface area contributed by atoms with E-state index >= 15 is 8.42 Å². The lowest BCUT2D eigenvalue weighted by Gasteiger charge is -2.47. The summed E-state index contributed by atoms with van der Waals surface area (Å²) in [5.74, 6) is -1.71. The van der Waals surface area contributed by atoms with Crippen LogP contribution in [0.1, 0.15) is 129 Å². The minimum Gasteiger partial charge on any atom is -0.496 e. The quantitative estimate of drug-likeness (QED) is 0.0105. The minimum atomic E-state index is -4.45. The summed E-state index contributed by atoms with van der Waals surface area (Å²) in [6.45, 7) is 21.9. The van der Waals surface area contributed by atoms with E-state index in [9.17, 15) is 19.7 Å². The highest BCUT2D eigenvalue weighted by atomic mass is 32.2. The van der Waals surface area contributed by atoms with Crippen LogP contribution in [0.25, 0.3) is 0 Å². The Morgan fingerprint density at radius 2 is 1.25 bits per heavy atom. The molecule has 0 aliphatic heterocycles. The van der Waals surface area contributed by atoms with Gasteiger partial charge in [-0.1, -0.05) is 176 Å². The molecular weight excluding hydrogens is 1040 g/mol. The van der Waals surface area contributed by atoms with E-state index in [4.69, 9.17) is 33.8 Å². The highest BCUT2D eigenvalue weighted by Crippen LogP contribution is 2.48. The van der Waals surface area contributed by atoms with E-state index in [1.54, 1.807) is 45.0 Å². The Balaban J connectivity index is 1.47. The molecule has 0 saturated heterocycles. The molecule has 14 nitrogen and oxygen atoms in total. The predicted molar refractivity (Wildman–Crippen MR) is 311 cm³/mol. The van der Waals surface area contributed by atoms with Crippen molar-refractivity contribution in [3.05, 3.63) is 190 Å².